The maximum absolute atomic E-state index is 13.4. The van der Waals surface area contributed by atoms with Crippen LogP contribution in [-0.2, 0) is 27.3 Å². The maximum Gasteiger partial charge on any atom is 0.264 e. The number of nitrogens with one attached hydrogen (secondary N) is 3. The quantitative estimate of drug-likeness (QED) is 0.204. The van der Waals surface area contributed by atoms with Gasteiger partial charge in [-0.3, -0.25) is 39.2 Å². The zero-order chi connectivity index (χ0) is 31.8. The van der Waals surface area contributed by atoms with E-state index in [-0.39, 0.29) is 42.8 Å². The van der Waals surface area contributed by atoms with Gasteiger partial charge in [0.25, 0.3) is 11.8 Å². The van der Waals surface area contributed by atoms with E-state index in [4.69, 9.17) is 4.42 Å². The molecule has 2 aromatic carbocycles. The molecule has 2 atom stereocenters. The standard InChI is InChI=1S/C32H25N7O6S/c40-24-11-10-21(30(42)36-24)39-31(43)19-7-3-8-20(28(19)32(39)44)34-16-27-38-37-26(46-27)14-25(41)35-29(18-6-4-12-33-15-18)23-13-17-5-1-2-9-22(17)45-23/h1-9,12-13,15,21,29,34H,10-11,14,16H2,(H,35,41)(H,36,40,42). The smallest absolute Gasteiger partial charge is 0.264 e. The van der Waals surface area contributed by atoms with Gasteiger partial charge in [-0.15, -0.1) is 10.2 Å². The topological polar surface area (TPSA) is 176 Å². The fourth-order valence-electron chi connectivity index (χ4n) is 5.62. The van der Waals surface area contributed by atoms with E-state index in [2.05, 4.69) is 31.1 Å². The minimum atomic E-state index is -1.06. The van der Waals surface area contributed by atoms with Crippen molar-refractivity contribution < 1.29 is 28.4 Å². The Kier molecular flexibility index (Phi) is 7.54. The number of hydrogen-bond donors (Lipinski definition) is 3. The van der Waals surface area contributed by atoms with E-state index in [1.807, 2.05) is 36.4 Å². The number of anilines is 1. The van der Waals surface area contributed by atoms with Crippen LogP contribution >= 0.6 is 11.3 Å². The van der Waals surface area contributed by atoms with Crippen molar-refractivity contribution in [1.29, 1.82) is 0 Å². The molecule has 2 aliphatic rings. The number of rotatable bonds is 9. The van der Waals surface area contributed by atoms with Crippen molar-refractivity contribution in [3.05, 3.63) is 106 Å². The molecule has 5 amide bonds. The van der Waals surface area contributed by atoms with Gasteiger partial charge in [0.2, 0.25) is 17.7 Å². The summed E-state index contributed by atoms with van der Waals surface area (Å²) in [5, 5.41) is 18.7. The second kappa shape index (κ2) is 12.0. The molecule has 0 aliphatic carbocycles. The number of benzene rings is 2. The van der Waals surface area contributed by atoms with Crippen LogP contribution < -0.4 is 16.0 Å². The highest BCUT2D eigenvalue weighted by Crippen LogP contribution is 2.33. The lowest BCUT2D eigenvalue weighted by atomic mass is 10.0. The summed E-state index contributed by atoms with van der Waals surface area (Å²) < 4.78 is 6.05. The summed E-state index contributed by atoms with van der Waals surface area (Å²) in [6.07, 6.45) is 3.42. The van der Waals surface area contributed by atoms with Gasteiger partial charge in [-0.1, -0.05) is 41.7 Å². The Morgan fingerprint density at radius 2 is 1.87 bits per heavy atom. The second-order valence-electron chi connectivity index (χ2n) is 10.8. The first-order valence-electron chi connectivity index (χ1n) is 14.4. The number of carbonyl (C=O) groups excluding carboxylic acids is 5. The molecular weight excluding hydrogens is 610 g/mol. The minimum absolute atomic E-state index is 0.0245. The minimum Gasteiger partial charge on any atom is -0.459 e. The average molecular weight is 636 g/mol. The van der Waals surface area contributed by atoms with Gasteiger partial charge in [-0.05, 0) is 36.8 Å². The van der Waals surface area contributed by atoms with E-state index < -0.39 is 35.7 Å². The Balaban J connectivity index is 1.03. The van der Waals surface area contributed by atoms with Gasteiger partial charge in [0, 0.05) is 35.5 Å². The first-order valence-corrected chi connectivity index (χ1v) is 15.2. The summed E-state index contributed by atoms with van der Waals surface area (Å²) in [5.41, 5.74) is 2.18. The molecular formula is C32H25N7O6S. The highest BCUT2D eigenvalue weighted by Gasteiger charge is 2.45. The van der Waals surface area contributed by atoms with Crippen LogP contribution in [0.3, 0.4) is 0 Å². The molecule has 0 bridgehead atoms. The fourth-order valence-corrected chi connectivity index (χ4v) is 6.41. The van der Waals surface area contributed by atoms with E-state index in [1.165, 1.54) is 17.4 Å². The Labute approximate surface area is 265 Å². The summed E-state index contributed by atoms with van der Waals surface area (Å²) in [5.74, 6) is -2.02. The molecule has 3 N–H and O–H groups in total. The van der Waals surface area contributed by atoms with E-state index in [0.717, 1.165) is 15.8 Å². The molecule has 1 fully saturated rings. The van der Waals surface area contributed by atoms with Crippen molar-refractivity contribution in [3.63, 3.8) is 0 Å². The number of para-hydroxylation sites is 1. The van der Waals surface area contributed by atoms with Crippen molar-refractivity contribution in [1.82, 2.24) is 30.7 Å². The van der Waals surface area contributed by atoms with E-state index in [9.17, 15) is 24.0 Å². The molecule has 230 valence electrons. The number of nitrogens with zero attached hydrogens (tertiary/aromatic N) is 4. The monoisotopic (exact) mass is 635 g/mol. The molecule has 0 saturated carbocycles. The number of hydrogen-bond acceptors (Lipinski definition) is 11. The molecule has 13 nitrogen and oxygen atoms in total. The summed E-state index contributed by atoms with van der Waals surface area (Å²) in [7, 11) is 0. The number of carbonyl (C=O) groups is 5. The fraction of sp³-hybridized carbons (Fsp3) is 0.188. The number of piperidine rings is 1. The Hall–Kier alpha value is -5.76. The van der Waals surface area contributed by atoms with Gasteiger partial charge < -0.3 is 15.1 Å². The van der Waals surface area contributed by atoms with Gasteiger partial charge in [-0.25, -0.2) is 0 Å². The molecule has 2 unspecified atom stereocenters. The number of pyridine rings is 1. The molecule has 14 heteroatoms. The molecule has 0 spiro atoms. The van der Waals surface area contributed by atoms with E-state index in [1.54, 1.807) is 30.6 Å². The highest BCUT2D eigenvalue weighted by atomic mass is 32.1. The van der Waals surface area contributed by atoms with E-state index in [0.29, 0.717) is 27.0 Å². The Morgan fingerprint density at radius 3 is 2.67 bits per heavy atom. The number of aromatic nitrogens is 3. The molecule has 1 saturated heterocycles. The van der Waals surface area contributed by atoms with Crippen LogP contribution in [0.25, 0.3) is 11.0 Å². The molecule has 5 aromatic rings. The Morgan fingerprint density at radius 1 is 1.02 bits per heavy atom. The molecule has 0 radical (unpaired) electrons. The SMILES string of the molecule is O=C1CCC(N2C(=O)c3cccc(NCc4nnc(CC(=O)NC(c5cccnc5)c5cc6ccccc6o5)s4)c3C2=O)C(=O)N1. The zero-order valence-corrected chi connectivity index (χ0v) is 24.9. The lowest BCUT2D eigenvalue weighted by molar-refractivity contribution is -0.136. The Bertz CT molecular complexity index is 1990. The van der Waals surface area contributed by atoms with Crippen molar-refractivity contribution in [2.45, 2.75) is 37.9 Å². The summed E-state index contributed by atoms with van der Waals surface area (Å²) in [6, 6.07) is 16.3. The molecule has 2 aliphatic heterocycles. The first kappa shape index (κ1) is 29.0. The van der Waals surface area contributed by atoms with Crippen LogP contribution in [0.2, 0.25) is 0 Å². The zero-order valence-electron chi connectivity index (χ0n) is 24.1. The lowest BCUT2D eigenvalue weighted by Gasteiger charge is -2.27. The van der Waals surface area contributed by atoms with Crippen LogP contribution in [0.15, 0.2) is 77.5 Å². The number of fused-ring (bicyclic) bond motifs is 2. The summed E-state index contributed by atoms with van der Waals surface area (Å²) >= 11 is 1.23. The van der Waals surface area contributed by atoms with Gasteiger partial charge in [0.1, 0.15) is 33.4 Å². The predicted octanol–water partition coefficient (Wildman–Crippen LogP) is 3.14. The summed E-state index contributed by atoms with van der Waals surface area (Å²) in [4.78, 5) is 68.8. The number of amides is 5. The third-order valence-corrected chi connectivity index (χ3v) is 8.69. The number of furan rings is 1. The predicted molar refractivity (Wildman–Crippen MR) is 164 cm³/mol. The van der Waals surface area contributed by atoms with Gasteiger partial charge in [0.15, 0.2) is 0 Å². The number of imide groups is 2. The van der Waals surface area contributed by atoms with Crippen LogP contribution in [0, 0.1) is 0 Å². The molecule has 46 heavy (non-hydrogen) atoms. The van der Waals surface area contributed by atoms with Gasteiger partial charge in [-0.2, -0.15) is 0 Å². The third-order valence-electron chi connectivity index (χ3n) is 7.77. The molecule has 3 aromatic heterocycles. The largest absolute Gasteiger partial charge is 0.459 e. The van der Waals surface area contributed by atoms with Crippen molar-refractivity contribution in [3.8, 4) is 0 Å². The van der Waals surface area contributed by atoms with Crippen molar-refractivity contribution in [2.75, 3.05) is 5.32 Å². The third kappa shape index (κ3) is 5.49. The molecule has 7 rings (SSSR count). The molecule has 5 heterocycles. The lowest BCUT2D eigenvalue weighted by Crippen LogP contribution is -2.54. The van der Waals surface area contributed by atoms with Crippen molar-refractivity contribution in [2.24, 2.45) is 0 Å². The van der Waals surface area contributed by atoms with Crippen LogP contribution in [0.5, 0.6) is 0 Å². The summed E-state index contributed by atoms with van der Waals surface area (Å²) in [6.45, 7) is 0.174. The maximum atomic E-state index is 13.4. The second-order valence-corrected chi connectivity index (χ2v) is 11.9. The van der Waals surface area contributed by atoms with Crippen LogP contribution in [-0.4, -0.2) is 55.7 Å². The highest BCUT2D eigenvalue weighted by molar-refractivity contribution is 7.11. The first-order chi connectivity index (χ1) is 22.4. The normalized spacial score (nSPS) is 16.8. The van der Waals surface area contributed by atoms with E-state index >= 15 is 0 Å². The van der Waals surface area contributed by atoms with Crippen LogP contribution in [0.4, 0.5) is 5.69 Å². The van der Waals surface area contributed by atoms with Crippen molar-refractivity contribution >= 4 is 57.5 Å². The van der Waals surface area contributed by atoms with Crippen LogP contribution in [0.1, 0.15) is 60.9 Å². The van der Waals surface area contributed by atoms with Gasteiger partial charge in [0.05, 0.1) is 24.1 Å². The van der Waals surface area contributed by atoms with Gasteiger partial charge >= 0.3 is 0 Å². The average Bonchev–Trinajstić information content (AvgIpc) is 3.76.